The van der Waals surface area contributed by atoms with Crippen molar-refractivity contribution >= 4 is 19.3 Å². The fourth-order valence-electron chi connectivity index (χ4n) is 4.24. The van der Waals surface area contributed by atoms with Crippen LogP contribution in [0.15, 0.2) is 66.7 Å². The van der Waals surface area contributed by atoms with Crippen LogP contribution in [0.25, 0.3) is 21.9 Å². The maximum atomic E-state index is 10.3. The molecule has 27 heavy (non-hydrogen) atoms. The van der Waals surface area contributed by atoms with Crippen molar-refractivity contribution in [3.05, 3.63) is 83.4 Å². The lowest BCUT2D eigenvalue weighted by Crippen LogP contribution is -2.01. The SMILES string of the molecule is N=Pn1c(O)c2ccc(CC3c4ccccc4-c4ccccc43)cc2c1O. The van der Waals surface area contributed by atoms with E-state index in [9.17, 15) is 10.2 Å². The third kappa shape index (κ3) is 2.30. The van der Waals surface area contributed by atoms with Crippen LogP contribution in [0.3, 0.4) is 0 Å². The summed E-state index contributed by atoms with van der Waals surface area (Å²) in [4.78, 5) is 0. The summed E-state index contributed by atoms with van der Waals surface area (Å²) in [5.41, 5.74) is 6.33. The van der Waals surface area contributed by atoms with Gasteiger partial charge in [0.05, 0.1) is 0 Å². The van der Waals surface area contributed by atoms with E-state index in [1.807, 2.05) is 18.2 Å². The molecule has 1 aliphatic rings. The molecular weight excluding hydrogens is 355 g/mol. The zero-order chi connectivity index (χ0) is 18.5. The van der Waals surface area contributed by atoms with Gasteiger partial charge < -0.3 is 10.2 Å². The van der Waals surface area contributed by atoms with E-state index < -0.39 is 0 Å². The van der Waals surface area contributed by atoms with Crippen molar-refractivity contribution in [1.82, 2.24) is 4.34 Å². The maximum Gasteiger partial charge on any atom is 0.211 e. The summed E-state index contributed by atoms with van der Waals surface area (Å²) < 4.78 is 1.18. The van der Waals surface area contributed by atoms with Crippen LogP contribution in [0.2, 0.25) is 0 Å². The summed E-state index contributed by atoms with van der Waals surface area (Å²) in [5.74, 6) is 0.137. The molecule has 0 radical (unpaired) electrons. The summed E-state index contributed by atoms with van der Waals surface area (Å²) in [5, 5.41) is 29.2. The Labute approximate surface area is 158 Å². The molecule has 3 aromatic carbocycles. The van der Waals surface area contributed by atoms with Gasteiger partial charge in [-0.2, -0.15) is 0 Å². The molecule has 0 saturated heterocycles. The summed E-state index contributed by atoms with van der Waals surface area (Å²) in [7, 11) is 0.0334. The molecule has 132 valence electrons. The molecule has 4 aromatic rings. The van der Waals surface area contributed by atoms with Crippen molar-refractivity contribution in [1.29, 1.82) is 5.16 Å². The van der Waals surface area contributed by atoms with Crippen molar-refractivity contribution in [2.45, 2.75) is 12.3 Å². The second-order valence-electron chi connectivity index (χ2n) is 6.87. The third-order valence-electron chi connectivity index (χ3n) is 5.47. The number of nitrogens with zero attached hydrogens (tertiary/aromatic N) is 1. The van der Waals surface area contributed by atoms with E-state index in [1.165, 1.54) is 26.6 Å². The van der Waals surface area contributed by atoms with Gasteiger partial charge in [0.25, 0.3) is 0 Å². The number of nitrogens with one attached hydrogen (secondary N) is 1. The Bertz CT molecular complexity index is 1170. The number of hydrogen-bond acceptors (Lipinski definition) is 3. The molecule has 0 unspecified atom stereocenters. The van der Waals surface area contributed by atoms with Crippen LogP contribution in [-0.4, -0.2) is 14.6 Å². The molecule has 5 heteroatoms. The van der Waals surface area contributed by atoms with E-state index in [0.717, 1.165) is 12.0 Å². The minimum absolute atomic E-state index is 0.0334. The molecule has 1 heterocycles. The highest BCUT2D eigenvalue weighted by atomic mass is 31.1. The lowest BCUT2D eigenvalue weighted by Gasteiger charge is -2.14. The van der Waals surface area contributed by atoms with E-state index in [-0.39, 0.29) is 26.2 Å². The molecule has 0 aliphatic heterocycles. The molecule has 4 nitrogen and oxygen atoms in total. The monoisotopic (exact) mass is 372 g/mol. The molecule has 0 bridgehead atoms. The van der Waals surface area contributed by atoms with Crippen LogP contribution < -0.4 is 0 Å². The van der Waals surface area contributed by atoms with Crippen molar-refractivity contribution in [3.8, 4) is 22.9 Å². The average Bonchev–Trinajstić information content (AvgIpc) is 3.14. The molecule has 3 N–H and O–H groups in total. The van der Waals surface area contributed by atoms with E-state index in [2.05, 4.69) is 48.5 Å². The molecule has 0 spiro atoms. The Balaban J connectivity index is 1.61. The van der Waals surface area contributed by atoms with Gasteiger partial charge in [-0.1, -0.05) is 54.6 Å². The lowest BCUT2D eigenvalue weighted by molar-refractivity contribution is 0.419. The zero-order valence-corrected chi connectivity index (χ0v) is 15.3. The Morgan fingerprint density at radius 1 is 0.815 bits per heavy atom. The largest absolute Gasteiger partial charge is 0.493 e. The molecular formula is C22H17N2O2P. The lowest BCUT2D eigenvalue weighted by atomic mass is 9.90. The molecule has 0 atom stereocenters. The molecule has 5 rings (SSSR count). The summed E-state index contributed by atoms with van der Waals surface area (Å²) in [6, 6.07) is 22.8. The van der Waals surface area contributed by atoms with Crippen molar-refractivity contribution < 1.29 is 10.2 Å². The highest BCUT2D eigenvalue weighted by molar-refractivity contribution is 7.23. The quantitative estimate of drug-likeness (QED) is 0.393. The second-order valence-corrected chi connectivity index (χ2v) is 7.47. The van der Waals surface area contributed by atoms with Gasteiger partial charge in [0, 0.05) is 16.7 Å². The van der Waals surface area contributed by atoms with Crippen LogP contribution in [-0.2, 0) is 6.42 Å². The first-order chi connectivity index (χ1) is 13.2. The predicted octanol–water partition coefficient (Wildman–Crippen LogP) is 5.88. The summed E-state index contributed by atoms with van der Waals surface area (Å²) >= 11 is 0. The van der Waals surface area contributed by atoms with Crippen LogP contribution in [0.4, 0.5) is 0 Å². The Kier molecular flexibility index (Phi) is 3.56. The predicted molar refractivity (Wildman–Crippen MR) is 108 cm³/mol. The average molecular weight is 372 g/mol. The highest BCUT2D eigenvalue weighted by Crippen LogP contribution is 2.46. The van der Waals surface area contributed by atoms with Gasteiger partial charge in [-0.3, -0.25) is 5.16 Å². The molecule has 0 amide bonds. The smallest absolute Gasteiger partial charge is 0.211 e. The van der Waals surface area contributed by atoms with E-state index in [4.69, 9.17) is 5.16 Å². The topological polar surface area (TPSA) is 69.2 Å². The first kappa shape index (κ1) is 16.1. The molecule has 1 aliphatic carbocycles. The fourth-order valence-corrected chi connectivity index (χ4v) is 4.64. The number of aromatic hydroxyl groups is 2. The molecule has 0 fully saturated rings. The van der Waals surface area contributed by atoms with Crippen LogP contribution in [0.5, 0.6) is 11.8 Å². The number of aromatic nitrogens is 1. The van der Waals surface area contributed by atoms with Crippen molar-refractivity contribution in [3.63, 3.8) is 0 Å². The number of rotatable bonds is 3. The Morgan fingerprint density at radius 2 is 1.41 bits per heavy atom. The first-order valence-corrected chi connectivity index (χ1v) is 9.65. The second kappa shape index (κ2) is 5.97. The van der Waals surface area contributed by atoms with Gasteiger partial charge >= 0.3 is 0 Å². The van der Waals surface area contributed by atoms with Gasteiger partial charge in [-0.25, -0.2) is 4.34 Å². The first-order valence-electron chi connectivity index (χ1n) is 8.80. The third-order valence-corrected chi connectivity index (χ3v) is 6.05. The van der Waals surface area contributed by atoms with Gasteiger partial charge in [0.15, 0.2) is 0 Å². The normalized spacial score (nSPS) is 13.2. The van der Waals surface area contributed by atoms with Crippen molar-refractivity contribution in [2.24, 2.45) is 0 Å². The van der Waals surface area contributed by atoms with Gasteiger partial charge in [-0.05, 0) is 46.4 Å². The summed E-state index contributed by atoms with van der Waals surface area (Å²) in [6.45, 7) is 0. The number of benzene rings is 3. The molecule has 0 saturated carbocycles. The Morgan fingerprint density at radius 3 is 2.04 bits per heavy atom. The van der Waals surface area contributed by atoms with Crippen LogP contribution >= 0.6 is 8.52 Å². The minimum Gasteiger partial charge on any atom is -0.493 e. The van der Waals surface area contributed by atoms with Gasteiger partial charge in [0.1, 0.15) is 8.52 Å². The van der Waals surface area contributed by atoms with E-state index in [1.54, 1.807) is 0 Å². The number of hydrogen-bond donors (Lipinski definition) is 3. The van der Waals surface area contributed by atoms with E-state index >= 15 is 0 Å². The van der Waals surface area contributed by atoms with E-state index in [0.29, 0.717) is 10.8 Å². The van der Waals surface area contributed by atoms with Crippen LogP contribution in [0, 0.1) is 5.16 Å². The highest BCUT2D eigenvalue weighted by Gasteiger charge is 2.28. The number of fused-ring (bicyclic) bond motifs is 4. The minimum atomic E-state index is -0.0673. The van der Waals surface area contributed by atoms with Crippen molar-refractivity contribution in [2.75, 3.05) is 0 Å². The van der Waals surface area contributed by atoms with Crippen LogP contribution in [0.1, 0.15) is 22.6 Å². The summed E-state index contributed by atoms with van der Waals surface area (Å²) in [6.07, 6.45) is 0.813. The van der Waals surface area contributed by atoms with Gasteiger partial charge in [-0.15, -0.1) is 0 Å². The standard InChI is InChI=1S/C22H17N2O2P/c23-27-24-21(25)18-10-9-13(12-20(18)22(24)26)11-19-16-7-3-1-5-14(16)15-6-2-4-8-17(15)19/h1-10,12,19,23,25-26H,11H2. The zero-order valence-electron chi connectivity index (χ0n) is 14.4. The maximum absolute atomic E-state index is 10.3. The Hall–Kier alpha value is -3.10. The molecule has 1 aromatic heterocycles. The van der Waals surface area contributed by atoms with Gasteiger partial charge in [0.2, 0.25) is 11.8 Å². The fraction of sp³-hybridized carbons (Fsp3) is 0.0909.